The Kier molecular flexibility index (Phi) is 3.28. The van der Waals surface area contributed by atoms with Gasteiger partial charge in [-0.25, -0.2) is 4.98 Å². The minimum absolute atomic E-state index is 0.141. The van der Waals surface area contributed by atoms with Crippen LogP contribution in [0.25, 0.3) is 0 Å². The summed E-state index contributed by atoms with van der Waals surface area (Å²) >= 11 is 13.1. The van der Waals surface area contributed by atoms with Gasteiger partial charge in [-0.3, -0.25) is 4.79 Å². The molecule has 1 aromatic carbocycles. The van der Waals surface area contributed by atoms with Gasteiger partial charge >= 0.3 is 0 Å². The average Bonchev–Trinajstić information content (AvgIpc) is 2.67. The number of halogens is 2. The molecule has 0 radical (unpaired) electrons. The van der Waals surface area contributed by atoms with Crippen molar-refractivity contribution in [3.63, 3.8) is 0 Å². The van der Waals surface area contributed by atoms with Crippen LogP contribution in [0.2, 0.25) is 10.0 Å². The lowest BCUT2D eigenvalue weighted by molar-refractivity contribution is 0.104. The second-order valence-electron chi connectivity index (χ2n) is 3.20. The van der Waals surface area contributed by atoms with E-state index in [4.69, 9.17) is 23.2 Å². The Labute approximate surface area is 107 Å². The molecule has 0 N–H and O–H groups in total. The number of thiazole rings is 1. The molecule has 0 atom stereocenters. The number of rotatable bonds is 2. The molecule has 2 nitrogen and oxygen atoms in total. The lowest BCUT2D eigenvalue weighted by Crippen LogP contribution is -1.99. The molecule has 0 aliphatic carbocycles. The molecule has 2 rings (SSSR count). The number of hydrogen-bond acceptors (Lipinski definition) is 3. The second kappa shape index (κ2) is 4.53. The number of ketones is 1. The molecule has 2 aromatic rings. The fraction of sp³-hybridized carbons (Fsp3) is 0.0909. The molecule has 0 amide bonds. The van der Waals surface area contributed by atoms with Gasteiger partial charge in [0.1, 0.15) is 0 Å². The summed E-state index contributed by atoms with van der Waals surface area (Å²) in [5.41, 5.74) is 0.415. The first-order valence-electron chi connectivity index (χ1n) is 4.50. The van der Waals surface area contributed by atoms with E-state index in [0.29, 0.717) is 20.5 Å². The Balaban J connectivity index is 2.45. The Morgan fingerprint density at radius 3 is 2.75 bits per heavy atom. The quantitative estimate of drug-likeness (QED) is 0.774. The molecule has 1 heterocycles. The highest BCUT2D eigenvalue weighted by molar-refractivity contribution is 7.13. The standard InChI is InChI=1S/C11H7Cl2NOS/c1-6-14-5-10(16-6)11(15)8-4-7(12)2-3-9(8)13/h2-5H,1H3. The lowest BCUT2D eigenvalue weighted by atomic mass is 10.1. The Bertz CT molecular complexity index is 551. The summed E-state index contributed by atoms with van der Waals surface area (Å²) in [4.78, 5) is 16.7. The maximum Gasteiger partial charge on any atom is 0.206 e. The highest BCUT2D eigenvalue weighted by atomic mass is 35.5. The van der Waals surface area contributed by atoms with Crippen LogP contribution in [0.1, 0.15) is 20.2 Å². The molecule has 0 aliphatic rings. The first-order valence-corrected chi connectivity index (χ1v) is 6.07. The molecule has 5 heteroatoms. The highest BCUT2D eigenvalue weighted by Crippen LogP contribution is 2.25. The smallest absolute Gasteiger partial charge is 0.206 e. The maximum absolute atomic E-state index is 12.1. The maximum atomic E-state index is 12.1. The van der Waals surface area contributed by atoms with E-state index >= 15 is 0 Å². The predicted molar refractivity (Wildman–Crippen MR) is 66.7 cm³/mol. The van der Waals surface area contributed by atoms with Crippen molar-refractivity contribution in [2.45, 2.75) is 6.92 Å². The number of aromatic nitrogens is 1. The van der Waals surface area contributed by atoms with Crippen molar-refractivity contribution in [1.29, 1.82) is 0 Å². The molecule has 0 fully saturated rings. The third-order valence-corrected chi connectivity index (χ3v) is 3.49. The van der Waals surface area contributed by atoms with Gasteiger partial charge in [-0.15, -0.1) is 11.3 Å². The zero-order valence-corrected chi connectivity index (χ0v) is 10.7. The summed E-state index contributed by atoms with van der Waals surface area (Å²) in [5, 5.41) is 1.75. The van der Waals surface area contributed by atoms with Crippen LogP contribution >= 0.6 is 34.5 Å². The van der Waals surface area contributed by atoms with Gasteiger partial charge in [-0.1, -0.05) is 23.2 Å². The van der Waals surface area contributed by atoms with Crippen LogP contribution in [0.5, 0.6) is 0 Å². The van der Waals surface area contributed by atoms with Crippen LogP contribution in [0.4, 0.5) is 0 Å². The Hall–Kier alpha value is -0.900. The third-order valence-electron chi connectivity index (χ3n) is 2.02. The monoisotopic (exact) mass is 271 g/mol. The molecular formula is C11H7Cl2NOS. The average molecular weight is 272 g/mol. The molecule has 0 saturated heterocycles. The zero-order valence-electron chi connectivity index (χ0n) is 8.33. The van der Waals surface area contributed by atoms with Gasteiger partial charge in [0.05, 0.1) is 14.9 Å². The fourth-order valence-corrected chi connectivity index (χ4v) is 2.38. The predicted octanol–water partition coefficient (Wildman–Crippen LogP) is 3.99. The molecule has 16 heavy (non-hydrogen) atoms. The minimum Gasteiger partial charge on any atom is -0.288 e. The molecule has 1 aromatic heterocycles. The van der Waals surface area contributed by atoms with E-state index in [-0.39, 0.29) is 5.78 Å². The first kappa shape index (κ1) is 11.6. The van der Waals surface area contributed by atoms with Crippen LogP contribution in [0.15, 0.2) is 24.4 Å². The molecule has 0 aliphatic heterocycles. The van der Waals surface area contributed by atoms with Crippen molar-refractivity contribution < 1.29 is 4.79 Å². The lowest BCUT2D eigenvalue weighted by Gasteiger charge is -2.01. The summed E-state index contributed by atoms with van der Waals surface area (Å²) in [7, 11) is 0. The summed E-state index contributed by atoms with van der Waals surface area (Å²) in [6, 6.07) is 4.84. The molecule has 0 saturated carbocycles. The third kappa shape index (κ3) is 2.26. The summed E-state index contributed by atoms with van der Waals surface area (Å²) < 4.78 is 0. The van der Waals surface area contributed by atoms with Gasteiger partial charge in [-0.05, 0) is 25.1 Å². The number of carbonyl (C=O) groups is 1. The first-order chi connectivity index (χ1) is 7.58. The zero-order chi connectivity index (χ0) is 11.7. The van der Waals surface area contributed by atoms with E-state index in [1.54, 1.807) is 24.4 Å². The van der Waals surface area contributed by atoms with Crippen LogP contribution in [-0.2, 0) is 0 Å². The van der Waals surface area contributed by atoms with Crippen molar-refractivity contribution in [2.24, 2.45) is 0 Å². The highest BCUT2D eigenvalue weighted by Gasteiger charge is 2.15. The number of nitrogens with zero attached hydrogens (tertiary/aromatic N) is 1. The topological polar surface area (TPSA) is 30.0 Å². The number of carbonyl (C=O) groups excluding carboxylic acids is 1. The Morgan fingerprint density at radius 2 is 2.12 bits per heavy atom. The number of benzene rings is 1. The van der Waals surface area contributed by atoms with E-state index in [1.165, 1.54) is 11.3 Å². The largest absolute Gasteiger partial charge is 0.288 e. The Morgan fingerprint density at radius 1 is 1.38 bits per heavy atom. The van der Waals surface area contributed by atoms with E-state index in [9.17, 15) is 4.79 Å². The van der Waals surface area contributed by atoms with Crippen LogP contribution < -0.4 is 0 Å². The molecule has 0 bridgehead atoms. The van der Waals surface area contributed by atoms with Crippen molar-refractivity contribution in [3.8, 4) is 0 Å². The van der Waals surface area contributed by atoms with Gasteiger partial charge < -0.3 is 0 Å². The molecule has 0 spiro atoms. The molecule has 0 unspecified atom stereocenters. The van der Waals surface area contributed by atoms with Crippen molar-refractivity contribution >= 4 is 40.3 Å². The van der Waals surface area contributed by atoms with Gasteiger partial charge in [0.15, 0.2) is 0 Å². The summed E-state index contributed by atoms with van der Waals surface area (Å²) in [6.45, 7) is 1.85. The number of aryl methyl sites for hydroxylation is 1. The number of hydrogen-bond donors (Lipinski definition) is 0. The van der Waals surface area contributed by atoms with Crippen molar-refractivity contribution in [1.82, 2.24) is 4.98 Å². The van der Waals surface area contributed by atoms with Gasteiger partial charge in [0.2, 0.25) is 5.78 Å². The molecular weight excluding hydrogens is 265 g/mol. The minimum atomic E-state index is -0.141. The second-order valence-corrected chi connectivity index (χ2v) is 5.28. The van der Waals surface area contributed by atoms with Gasteiger partial charge in [-0.2, -0.15) is 0 Å². The van der Waals surface area contributed by atoms with Gasteiger partial charge in [0, 0.05) is 16.8 Å². The summed E-state index contributed by atoms with van der Waals surface area (Å²) in [6.07, 6.45) is 1.56. The SMILES string of the molecule is Cc1ncc(C(=O)c2cc(Cl)ccc2Cl)s1. The fourth-order valence-electron chi connectivity index (χ4n) is 1.27. The van der Waals surface area contributed by atoms with Crippen molar-refractivity contribution in [2.75, 3.05) is 0 Å². The molecule has 82 valence electrons. The van der Waals surface area contributed by atoms with Crippen molar-refractivity contribution in [3.05, 3.63) is 49.9 Å². The van der Waals surface area contributed by atoms with E-state index in [2.05, 4.69) is 4.98 Å². The van der Waals surface area contributed by atoms with Crippen LogP contribution in [-0.4, -0.2) is 10.8 Å². The van der Waals surface area contributed by atoms with E-state index < -0.39 is 0 Å². The van der Waals surface area contributed by atoms with E-state index in [0.717, 1.165) is 5.01 Å². The normalized spacial score (nSPS) is 10.4. The van der Waals surface area contributed by atoms with E-state index in [1.807, 2.05) is 6.92 Å². The van der Waals surface area contributed by atoms with Gasteiger partial charge in [0.25, 0.3) is 0 Å². The van der Waals surface area contributed by atoms with Crippen LogP contribution in [0.3, 0.4) is 0 Å². The van der Waals surface area contributed by atoms with Crippen LogP contribution in [0, 0.1) is 6.92 Å². The summed E-state index contributed by atoms with van der Waals surface area (Å²) in [5.74, 6) is -0.141.